The van der Waals surface area contributed by atoms with E-state index in [1.165, 1.54) is 25.7 Å². The summed E-state index contributed by atoms with van der Waals surface area (Å²) < 4.78 is 1.99. The van der Waals surface area contributed by atoms with Crippen LogP contribution in [-0.4, -0.2) is 31.5 Å². The molecule has 2 aliphatic carbocycles. The van der Waals surface area contributed by atoms with Crippen molar-refractivity contribution in [1.29, 1.82) is 5.26 Å². The number of nitriles is 1. The van der Waals surface area contributed by atoms with Crippen LogP contribution >= 0.6 is 11.8 Å². The van der Waals surface area contributed by atoms with Crippen molar-refractivity contribution in [3.63, 3.8) is 0 Å². The predicted molar refractivity (Wildman–Crippen MR) is 80.5 cm³/mol. The van der Waals surface area contributed by atoms with Gasteiger partial charge in [-0.2, -0.15) is 5.26 Å². The number of hydrogen-bond acceptors (Lipinski definition) is 6. The van der Waals surface area contributed by atoms with Gasteiger partial charge in [-0.25, -0.2) is 4.68 Å². The summed E-state index contributed by atoms with van der Waals surface area (Å²) in [4.78, 5) is 0. The highest BCUT2D eigenvalue weighted by Crippen LogP contribution is 2.37. The van der Waals surface area contributed by atoms with Gasteiger partial charge in [-0.1, -0.05) is 31.0 Å². The molecule has 114 valence electrons. The molecule has 2 fully saturated rings. The van der Waals surface area contributed by atoms with Gasteiger partial charge in [-0.3, -0.25) is 0 Å². The van der Waals surface area contributed by atoms with Crippen LogP contribution in [0.5, 0.6) is 0 Å². The van der Waals surface area contributed by atoms with E-state index < -0.39 is 5.54 Å². The van der Waals surface area contributed by atoms with E-state index in [4.69, 9.17) is 5.73 Å². The third kappa shape index (κ3) is 3.06. The van der Waals surface area contributed by atoms with Crippen LogP contribution in [0.1, 0.15) is 57.4 Å². The van der Waals surface area contributed by atoms with Crippen LogP contribution < -0.4 is 5.73 Å². The number of nitrogens with two attached hydrogens (primary N) is 1. The van der Waals surface area contributed by atoms with Gasteiger partial charge < -0.3 is 5.73 Å². The molecule has 21 heavy (non-hydrogen) atoms. The highest BCUT2D eigenvalue weighted by atomic mass is 32.2. The first-order valence-corrected chi connectivity index (χ1v) is 8.82. The van der Waals surface area contributed by atoms with Crippen LogP contribution in [0.4, 0.5) is 0 Å². The number of tetrazole rings is 1. The van der Waals surface area contributed by atoms with Crippen LogP contribution in [0.25, 0.3) is 0 Å². The van der Waals surface area contributed by atoms with Crippen molar-refractivity contribution < 1.29 is 0 Å². The summed E-state index contributed by atoms with van der Waals surface area (Å²) in [6.07, 6.45) is 8.84. The lowest BCUT2D eigenvalue weighted by Gasteiger charge is -2.23. The lowest BCUT2D eigenvalue weighted by Crippen LogP contribution is -2.41. The molecule has 7 heteroatoms. The zero-order valence-electron chi connectivity index (χ0n) is 12.2. The minimum absolute atomic E-state index is 0.311. The zero-order chi connectivity index (χ0) is 14.7. The van der Waals surface area contributed by atoms with Gasteiger partial charge in [0, 0.05) is 5.75 Å². The summed E-state index contributed by atoms with van der Waals surface area (Å²) in [5.41, 5.74) is 5.56. The quantitative estimate of drug-likeness (QED) is 0.839. The van der Waals surface area contributed by atoms with E-state index in [1.54, 1.807) is 11.8 Å². The van der Waals surface area contributed by atoms with Crippen LogP contribution in [-0.2, 0) is 0 Å². The minimum atomic E-state index is -0.613. The highest BCUT2D eigenvalue weighted by molar-refractivity contribution is 7.99. The molecule has 0 saturated heterocycles. The molecule has 1 aromatic rings. The van der Waals surface area contributed by atoms with Crippen molar-refractivity contribution in [2.75, 3.05) is 5.75 Å². The molecule has 1 aromatic heterocycles. The Hall–Kier alpha value is -1.13. The number of thioether (sulfide) groups is 1. The molecule has 0 aromatic carbocycles. The summed E-state index contributed by atoms with van der Waals surface area (Å²) in [6, 6.07) is 2.79. The Morgan fingerprint density at radius 2 is 2.14 bits per heavy atom. The molecule has 2 saturated carbocycles. The summed E-state index contributed by atoms with van der Waals surface area (Å²) in [5.74, 6) is 1.24. The lowest BCUT2D eigenvalue weighted by molar-refractivity contribution is 0.388. The monoisotopic (exact) mass is 306 g/mol. The third-order valence-electron chi connectivity index (χ3n) is 4.91. The molecule has 2 unspecified atom stereocenters. The van der Waals surface area contributed by atoms with Gasteiger partial charge in [0.25, 0.3) is 0 Å². The normalized spacial score (nSPS) is 29.8. The molecule has 0 amide bonds. The fourth-order valence-corrected chi connectivity index (χ4v) is 4.60. The van der Waals surface area contributed by atoms with Gasteiger partial charge >= 0.3 is 0 Å². The molecular formula is C14H22N6S. The van der Waals surface area contributed by atoms with Gasteiger partial charge in [-0.15, -0.1) is 5.10 Å². The molecule has 6 nitrogen and oxygen atoms in total. The number of hydrogen-bond donors (Lipinski definition) is 1. The van der Waals surface area contributed by atoms with E-state index in [-0.39, 0.29) is 0 Å². The Balaban J connectivity index is 1.54. The van der Waals surface area contributed by atoms with Gasteiger partial charge in [-0.05, 0) is 48.4 Å². The average Bonchev–Trinajstić information content (AvgIpc) is 3.20. The topological polar surface area (TPSA) is 93.4 Å². The first-order chi connectivity index (χ1) is 10.2. The fourth-order valence-electron chi connectivity index (χ4n) is 3.60. The van der Waals surface area contributed by atoms with E-state index in [1.807, 2.05) is 4.68 Å². The second-order valence-electron chi connectivity index (χ2n) is 6.22. The van der Waals surface area contributed by atoms with Crippen molar-refractivity contribution in [2.45, 2.75) is 68.1 Å². The van der Waals surface area contributed by atoms with E-state index in [9.17, 15) is 5.26 Å². The first kappa shape index (κ1) is 14.8. The van der Waals surface area contributed by atoms with Crippen LogP contribution in [0, 0.1) is 17.2 Å². The number of nitrogens with zero attached hydrogens (tertiary/aromatic N) is 5. The van der Waals surface area contributed by atoms with Crippen LogP contribution in [0.2, 0.25) is 0 Å². The van der Waals surface area contributed by atoms with E-state index >= 15 is 0 Å². The predicted octanol–water partition coefficient (Wildman–Crippen LogP) is 2.29. The van der Waals surface area contributed by atoms with E-state index in [0.29, 0.717) is 12.0 Å². The van der Waals surface area contributed by atoms with Gasteiger partial charge in [0.1, 0.15) is 5.54 Å². The molecule has 0 spiro atoms. The summed E-state index contributed by atoms with van der Waals surface area (Å²) in [5, 5.41) is 22.3. The molecule has 2 atom stereocenters. The Labute approximate surface area is 129 Å². The largest absolute Gasteiger partial charge is 0.313 e. The van der Waals surface area contributed by atoms with Crippen molar-refractivity contribution in [2.24, 2.45) is 11.7 Å². The van der Waals surface area contributed by atoms with Crippen molar-refractivity contribution in [3.8, 4) is 6.07 Å². The van der Waals surface area contributed by atoms with Crippen molar-refractivity contribution >= 4 is 11.8 Å². The van der Waals surface area contributed by atoms with Gasteiger partial charge in [0.15, 0.2) is 0 Å². The smallest absolute Gasteiger partial charge is 0.209 e. The lowest BCUT2D eigenvalue weighted by atomic mass is 9.88. The third-order valence-corrected chi connectivity index (χ3v) is 5.88. The maximum absolute atomic E-state index is 9.25. The molecule has 0 radical (unpaired) electrons. The zero-order valence-corrected chi connectivity index (χ0v) is 13.1. The molecule has 1 heterocycles. The van der Waals surface area contributed by atoms with Crippen LogP contribution in [0.3, 0.4) is 0 Å². The molecule has 3 rings (SSSR count). The molecule has 0 bridgehead atoms. The second-order valence-corrected chi connectivity index (χ2v) is 7.28. The maximum atomic E-state index is 9.25. The maximum Gasteiger partial charge on any atom is 0.209 e. The fraction of sp³-hybridized carbons (Fsp3) is 0.857. The number of aromatic nitrogens is 4. The molecule has 2 aliphatic rings. The standard InChI is InChI=1S/C14H22N6S/c15-10-14(16)8-3-4-11(14)7-9-21-13-17-18-19-20(13)12-5-1-2-6-12/h11-12H,1-9,16H2. The summed E-state index contributed by atoms with van der Waals surface area (Å²) in [7, 11) is 0. The Bertz CT molecular complexity index is 518. The first-order valence-electron chi connectivity index (χ1n) is 7.84. The SMILES string of the molecule is N#CC1(N)CCCC1CCSc1nnnn1C1CCCC1. The van der Waals surface area contributed by atoms with Gasteiger partial charge in [0.05, 0.1) is 12.1 Å². The summed E-state index contributed by atoms with van der Waals surface area (Å²) >= 11 is 1.70. The number of rotatable bonds is 5. The van der Waals surface area contributed by atoms with Crippen molar-refractivity contribution in [1.82, 2.24) is 20.2 Å². The summed E-state index contributed by atoms with van der Waals surface area (Å²) in [6.45, 7) is 0. The Morgan fingerprint density at radius 1 is 1.33 bits per heavy atom. The highest BCUT2D eigenvalue weighted by Gasteiger charge is 2.39. The molecule has 0 aliphatic heterocycles. The molecular weight excluding hydrogens is 284 g/mol. The second kappa shape index (κ2) is 6.32. The van der Waals surface area contributed by atoms with E-state index in [0.717, 1.165) is 36.6 Å². The average molecular weight is 306 g/mol. The minimum Gasteiger partial charge on any atom is -0.313 e. The Morgan fingerprint density at radius 3 is 2.90 bits per heavy atom. The van der Waals surface area contributed by atoms with Crippen molar-refractivity contribution in [3.05, 3.63) is 0 Å². The van der Waals surface area contributed by atoms with Gasteiger partial charge in [0.2, 0.25) is 5.16 Å². The van der Waals surface area contributed by atoms with E-state index in [2.05, 4.69) is 21.6 Å². The van der Waals surface area contributed by atoms with Crippen LogP contribution in [0.15, 0.2) is 5.16 Å². The molecule has 2 N–H and O–H groups in total. The Kier molecular flexibility index (Phi) is 4.45.